The number of aliphatic carboxylic acids is 1. The molecule has 42 heavy (non-hydrogen) atoms. The summed E-state index contributed by atoms with van der Waals surface area (Å²) in [5.74, 6) is -5.22. The van der Waals surface area contributed by atoms with Gasteiger partial charge >= 0.3 is 5.97 Å². The Morgan fingerprint density at radius 1 is 1.10 bits per heavy atom. The lowest BCUT2D eigenvalue weighted by Crippen LogP contribution is -2.31. The molecule has 1 saturated carbocycles. The Labute approximate surface area is 239 Å². The number of aromatic nitrogens is 1. The molecule has 1 unspecified atom stereocenters. The van der Waals surface area contributed by atoms with Crippen molar-refractivity contribution in [3.05, 3.63) is 71.4 Å². The molecule has 0 spiro atoms. The molecule has 2 aliphatic rings. The van der Waals surface area contributed by atoms with Crippen LogP contribution in [0.4, 0.5) is 8.78 Å². The van der Waals surface area contributed by atoms with Gasteiger partial charge in [0.2, 0.25) is 11.6 Å². The van der Waals surface area contributed by atoms with E-state index in [4.69, 9.17) is 25.4 Å². The number of phenols is 1. The molecule has 3 aromatic rings. The first-order valence-corrected chi connectivity index (χ1v) is 13.2. The number of carboxylic acids is 1. The summed E-state index contributed by atoms with van der Waals surface area (Å²) in [7, 11) is 1.81. The highest BCUT2D eigenvalue weighted by Gasteiger charge is 2.32. The Morgan fingerprint density at radius 2 is 1.83 bits per heavy atom. The Balaban J connectivity index is 1.36. The lowest BCUT2D eigenvalue weighted by atomic mass is 9.87. The maximum Gasteiger partial charge on any atom is 0.306 e. The molecule has 0 radical (unpaired) electrons. The van der Waals surface area contributed by atoms with Crippen molar-refractivity contribution in [2.75, 3.05) is 13.6 Å². The molecule has 1 fully saturated rings. The molecule has 1 aliphatic heterocycles. The molecule has 5 rings (SSSR count). The zero-order valence-corrected chi connectivity index (χ0v) is 22.6. The van der Waals surface area contributed by atoms with Gasteiger partial charge in [-0.3, -0.25) is 10.2 Å². The topological polar surface area (TPSA) is 164 Å². The van der Waals surface area contributed by atoms with Gasteiger partial charge < -0.3 is 35.1 Å². The SMILES string of the molecule is CN1CC(OC2CCC(C(=O)O)CC2)N=C1c1ccccc1Oc1c(F)cnc(Oc2cc(C(=N)N)ccc2O)c1F. The van der Waals surface area contributed by atoms with Gasteiger partial charge in [-0.1, -0.05) is 12.1 Å². The van der Waals surface area contributed by atoms with E-state index in [2.05, 4.69) is 9.98 Å². The second kappa shape index (κ2) is 12.0. The third kappa shape index (κ3) is 6.10. The zero-order valence-electron chi connectivity index (χ0n) is 22.6. The molecule has 0 amide bonds. The molecule has 0 bridgehead atoms. The summed E-state index contributed by atoms with van der Waals surface area (Å²) < 4.78 is 47.6. The number of aromatic hydroxyl groups is 1. The number of para-hydroxylation sites is 1. The highest BCUT2D eigenvalue weighted by molar-refractivity contribution is 6.02. The van der Waals surface area contributed by atoms with Crippen LogP contribution in [0.2, 0.25) is 0 Å². The van der Waals surface area contributed by atoms with E-state index in [1.807, 2.05) is 11.9 Å². The molecule has 13 heteroatoms. The number of nitrogen functional groups attached to an aromatic ring is 1. The number of rotatable bonds is 9. The van der Waals surface area contributed by atoms with Crippen molar-refractivity contribution in [1.29, 1.82) is 5.41 Å². The molecule has 2 heterocycles. The van der Waals surface area contributed by atoms with Gasteiger partial charge in [0.05, 0.1) is 30.3 Å². The molecular weight excluding hydrogens is 552 g/mol. The minimum atomic E-state index is -1.25. The summed E-state index contributed by atoms with van der Waals surface area (Å²) >= 11 is 0. The van der Waals surface area contributed by atoms with Crippen LogP contribution in [0.5, 0.6) is 28.9 Å². The van der Waals surface area contributed by atoms with Crippen LogP contribution in [0.25, 0.3) is 0 Å². The third-order valence-corrected chi connectivity index (χ3v) is 7.15. The van der Waals surface area contributed by atoms with Crippen molar-refractivity contribution in [3.63, 3.8) is 0 Å². The number of hydrogen-bond donors (Lipinski definition) is 4. The highest BCUT2D eigenvalue weighted by atomic mass is 19.1. The van der Waals surface area contributed by atoms with E-state index in [9.17, 15) is 19.4 Å². The number of nitrogens with zero attached hydrogens (tertiary/aromatic N) is 3. The number of pyridine rings is 1. The van der Waals surface area contributed by atoms with Crippen LogP contribution in [-0.2, 0) is 9.53 Å². The standard InChI is InChI=1S/C29H29F2N5O6/c1-36-14-23(40-17-9-6-15(7-10-17)29(38)39)35-27(36)18-4-2-3-5-21(18)41-25-19(30)13-34-28(24(25)31)42-22-12-16(26(32)33)8-11-20(22)37/h2-5,8,11-13,15,17,23,37H,6-7,9-10,14H2,1H3,(H3,32,33)(H,38,39). The van der Waals surface area contributed by atoms with Gasteiger partial charge in [-0.25, -0.2) is 14.4 Å². The number of phenolic OH excluding ortho intramolecular Hbond substituents is 1. The number of aliphatic imine (C=N–C) groups is 1. The van der Waals surface area contributed by atoms with Crippen molar-refractivity contribution >= 4 is 17.6 Å². The number of ether oxygens (including phenoxy) is 3. The fourth-order valence-electron chi connectivity index (χ4n) is 4.93. The van der Waals surface area contributed by atoms with Gasteiger partial charge in [-0.15, -0.1) is 0 Å². The molecule has 1 aromatic heterocycles. The van der Waals surface area contributed by atoms with E-state index in [-0.39, 0.29) is 40.7 Å². The summed E-state index contributed by atoms with van der Waals surface area (Å²) in [6.07, 6.45) is 2.47. The van der Waals surface area contributed by atoms with Gasteiger partial charge in [0.25, 0.3) is 5.88 Å². The lowest BCUT2D eigenvalue weighted by molar-refractivity contribution is -0.144. The number of hydrogen-bond acceptors (Lipinski definition) is 9. The molecule has 0 saturated heterocycles. The number of nitrogens with two attached hydrogens (primary N) is 1. The van der Waals surface area contributed by atoms with Gasteiger partial charge in [0.15, 0.2) is 23.5 Å². The highest BCUT2D eigenvalue weighted by Crippen LogP contribution is 2.38. The molecule has 2 aromatic carbocycles. The number of likely N-dealkylation sites (N-methyl/N-ethyl adjacent to an activating group) is 1. The first-order chi connectivity index (χ1) is 20.1. The quantitative estimate of drug-likeness (QED) is 0.209. The number of nitrogens with one attached hydrogen (secondary N) is 1. The zero-order chi connectivity index (χ0) is 30.0. The van der Waals surface area contributed by atoms with E-state index < -0.39 is 35.5 Å². The fourth-order valence-corrected chi connectivity index (χ4v) is 4.93. The van der Waals surface area contributed by atoms with Crippen molar-refractivity contribution in [1.82, 2.24) is 9.88 Å². The molecule has 11 nitrogen and oxygen atoms in total. The fraction of sp³-hybridized carbons (Fsp3) is 0.310. The van der Waals surface area contributed by atoms with Crippen LogP contribution in [0.3, 0.4) is 0 Å². The Kier molecular flexibility index (Phi) is 8.20. The van der Waals surface area contributed by atoms with Crippen molar-refractivity contribution in [2.45, 2.75) is 38.0 Å². The smallest absolute Gasteiger partial charge is 0.306 e. The Bertz CT molecular complexity index is 1540. The van der Waals surface area contributed by atoms with E-state index >= 15 is 4.39 Å². The maximum absolute atomic E-state index is 15.5. The number of carbonyl (C=O) groups is 1. The van der Waals surface area contributed by atoms with Crippen LogP contribution in [0.15, 0.2) is 53.7 Å². The van der Waals surface area contributed by atoms with E-state index in [1.54, 1.807) is 18.2 Å². The second-order valence-corrected chi connectivity index (χ2v) is 10.1. The van der Waals surface area contributed by atoms with E-state index in [0.717, 1.165) is 6.20 Å². The van der Waals surface area contributed by atoms with Crippen molar-refractivity contribution in [3.8, 4) is 28.9 Å². The van der Waals surface area contributed by atoms with Gasteiger partial charge in [-0.2, -0.15) is 4.39 Å². The predicted octanol–water partition coefficient (Wildman–Crippen LogP) is 4.61. The minimum absolute atomic E-state index is 0.109. The van der Waals surface area contributed by atoms with Crippen molar-refractivity contribution in [2.24, 2.45) is 16.6 Å². The number of halogens is 2. The molecule has 5 N–H and O–H groups in total. The van der Waals surface area contributed by atoms with Gasteiger partial charge in [-0.05, 0) is 56.0 Å². The molecule has 1 aliphatic carbocycles. The minimum Gasteiger partial charge on any atom is -0.504 e. The van der Waals surface area contributed by atoms with Gasteiger partial charge in [0.1, 0.15) is 17.4 Å². The van der Waals surface area contributed by atoms with E-state index in [1.165, 1.54) is 24.3 Å². The monoisotopic (exact) mass is 581 g/mol. The average Bonchev–Trinajstić information content (AvgIpc) is 3.33. The Hall–Kier alpha value is -4.78. The number of carboxylic acid groups (broad SMARTS) is 1. The third-order valence-electron chi connectivity index (χ3n) is 7.15. The first kappa shape index (κ1) is 28.7. The van der Waals surface area contributed by atoms with Crippen LogP contribution in [-0.4, -0.2) is 63.7 Å². The summed E-state index contributed by atoms with van der Waals surface area (Å²) in [5.41, 5.74) is 6.16. The first-order valence-electron chi connectivity index (χ1n) is 13.2. The summed E-state index contributed by atoms with van der Waals surface area (Å²) in [6, 6.07) is 10.4. The number of benzene rings is 2. The normalized spacial score (nSPS) is 20.2. The summed E-state index contributed by atoms with van der Waals surface area (Å²) in [5, 5.41) is 26.9. The predicted molar refractivity (Wildman–Crippen MR) is 147 cm³/mol. The molecular formula is C29H29F2N5O6. The summed E-state index contributed by atoms with van der Waals surface area (Å²) in [6.45, 7) is 0.432. The second-order valence-electron chi connectivity index (χ2n) is 10.1. The summed E-state index contributed by atoms with van der Waals surface area (Å²) in [4.78, 5) is 21.4. The average molecular weight is 582 g/mol. The number of amidine groups is 2. The van der Waals surface area contributed by atoms with Crippen LogP contribution < -0.4 is 15.2 Å². The van der Waals surface area contributed by atoms with Crippen LogP contribution >= 0.6 is 0 Å². The van der Waals surface area contributed by atoms with E-state index in [0.29, 0.717) is 43.6 Å². The molecule has 1 atom stereocenters. The maximum atomic E-state index is 15.5. The van der Waals surface area contributed by atoms with Gasteiger partial charge in [0, 0.05) is 12.6 Å². The molecule has 220 valence electrons. The van der Waals surface area contributed by atoms with Crippen molar-refractivity contribution < 1.29 is 38.0 Å². The van der Waals surface area contributed by atoms with Crippen LogP contribution in [0, 0.1) is 23.0 Å². The largest absolute Gasteiger partial charge is 0.504 e. The Morgan fingerprint density at radius 3 is 2.55 bits per heavy atom. The lowest BCUT2D eigenvalue weighted by Gasteiger charge is -2.27. The van der Waals surface area contributed by atoms with Crippen LogP contribution in [0.1, 0.15) is 36.8 Å².